The maximum absolute atomic E-state index is 13.3. The zero-order valence-electron chi connectivity index (χ0n) is 14.3. The minimum absolute atomic E-state index is 0.0243. The van der Waals surface area contributed by atoms with Gasteiger partial charge in [-0.05, 0) is 33.1 Å². The van der Waals surface area contributed by atoms with Crippen molar-refractivity contribution in [2.45, 2.75) is 45.3 Å². The quantitative estimate of drug-likeness (QED) is 0.904. The van der Waals surface area contributed by atoms with E-state index < -0.39 is 17.8 Å². The molecule has 1 aliphatic carbocycles. The van der Waals surface area contributed by atoms with E-state index in [0.29, 0.717) is 24.2 Å². The van der Waals surface area contributed by atoms with Crippen LogP contribution < -0.4 is 5.32 Å². The van der Waals surface area contributed by atoms with Crippen LogP contribution in [0.5, 0.6) is 0 Å². The Kier molecular flexibility index (Phi) is 4.88. The molecule has 0 bridgehead atoms. The number of hydrogen-bond donors (Lipinski definition) is 1. The van der Waals surface area contributed by atoms with Crippen molar-refractivity contribution in [3.63, 3.8) is 0 Å². The number of carbonyl (C=O) groups is 1. The molecule has 0 spiro atoms. The highest BCUT2D eigenvalue weighted by molar-refractivity contribution is 5.79. The third-order valence-electron chi connectivity index (χ3n) is 4.41. The first-order chi connectivity index (χ1) is 12.3. The topological polar surface area (TPSA) is 80.7 Å². The van der Waals surface area contributed by atoms with Crippen LogP contribution in [0.2, 0.25) is 0 Å². The Morgan fingerprint density at radius 1 is 1.31 bits per heavy atom. The van der Waals surface area contributed by atoms with Crippen LogP contribution in [0, 0.1) is 12.8 Å². The Bertz CT molecular complexity index is 810. The van der Waals surface area contributed by atoms with E-state index in [9.17, 15) is 18.0 Å². The molecule has 2 heterocycles. The number of nitrogens with one attached hydrogen (secondary N) is 1. The Morgan fingerprint density at radius 3 is 2.73 bits per heavy atom. The van der Waals surface area contributed by atoms with Gasteiger partial charge >= 0.3 is 6.18 Å². The first kappa shape index (κ1) is 18.2. The van der Waals surface area contributed by atoms with Crippen LogP contribution in [0.1, 0.15) is 47.9 Å². The minimum Gasteiger partial charge on any atom is -0.348 e. The summed E-state index contributed by atoms with van der Waals surface area (Å²) in [5.41, 5.74) is 0.0731. The standard InChI is InChI=1S/C17H18F3N5O/c1-9(14-8-21-5-6-22-14)23-16(26)11-3-4-13-12(7-11)15(17(18,19)20)25-10(2)24-13/h5-6,8-9,11H,3-4,7H2,1-2H3,(H,23,26)/t9-,11?/m0/s1. The molecular weight excluding hydrogens is 347 g/mol. The first-order valence-electron chi connectivity index (χ1n) is 8.25. The average Bonchev–Trinajstić information content (AvgIpc) is 2.60. The lowest BCUT2D eigenvalue weighted by molar-refractivity contribution is -0.142. The van der Waals surface area contributed by atoms with Gasteiger partial charge in [0.15, 0.2) is 5.69 Å². The van der Waals surface area contributed by atoms with Gasteiger partial charge in [-0.25, -0.2) is 9.97 Å². The second kappa shape index (κ2) is 6.97. The molecule has 1 aliphatic rings. The van der Waals surface area contributed by atoms with Crippen molar-refractivity contribution in [2.75, 3.05) is 0 Å². The van der Waals surface area contributed by atoms with Crippen LogP contribution >= 0.6 is 0 Å². The van der Waals surface area contributed by atoms with Crippen molar-refractivity contribution < 1.29 is 18.0 Å². The normalized spacial score (nSPS) is 18.1. The number of halogens is 3. The summed E-state index contributed by atoms with van der Waals surface area (Å²) in [4.78, 5) is 28.3. The summed E-state index contributed by atoms with van der Waals surface area (Å²) in [6.45, 7) is 3.20. The number of fused-ring (bicyclic) bond motifs is 1. The number of rotatable bonds is 3. The molecule has 0 saturated heterocycles. The summed E-state index contributed by atoms with van der Waals surface area (Å²) in [5, 5.41) is 2.80. The molecule has 2 aromatic rings. The fourth-order valence-electron chi connectivity index (χ4n) is 3.13. The molecule has 0 radical (unpaired) electrons. The van der Waals surface area contributed by atoms with Gasteiger partial charge in [-0.3, -0.25) is 14.8 Å². The van der Waals surface area contributed by atoms with E-state index in [4.69, 9.17) is 0 Å². The molecule has 1 N–H and O–H groups in total. The van der Waals surface area contributed by atoms with Gasteiger partial charge < -0.3 is 5.32 Å². The lowest BCUT2D eigenvalue weighted by atomic mass is 9.84. The van der Waals surface area contributed by atoms with E-state index in [-0.39, 0.29) is 29.8 Å². The smallest absolute Gasteiger partial charge is 0.348 e. The molecule has 2 aromatic heterocycles. The van der Waals surface area contributed by atoms with Gasteiger partial charge in [0.25, 0.3) is 0 Å². The number of aromatic nitrogens is 4. The second-order valence-corrected chi connectivity index (χ2v) is 6.34. The molecule has 0 saturated carbocycles. The lowest BCUT2D eigenvalue weighted by Crippen LogP contribution is -2.37. The molecule has 0 fully saturated rings. The number of nitrogens with zero attached hydrogens (tertiary/aromatic N) is 4. The highest BCUT2D eigenvalue weighted by Gasteiger charge is 2.40. The Hall–Kier alpha value is -2.58. The number of hydrogen-bond acceptors (Lipinski definition) is 5. The largest absolute Gasteiger partial charge is 0.433 e. The van der Waals surface area contributed by atoms with Crippen molar-refractivity contribution in [3.8, 4) is 0 Å². The van der Waals surface area contributed by atoms with Crippen LogP contribution in [0.25, 0.3) is 0 Å². The van der Waals surface area contributed by atoms with Gasteiger partial charge in [0.2, 0.25) is 5.91 Å². The van der Waals surface area contributed by atoms with Crippen LogP contribution in [0.15, 0.2) is 18.6 Å². The summed E-state index contributed by atoms with van der Waals surface area (Å²) < 4.78 is 39.9. The molecule has 0 aromatic carbocycles. The SMILES string of the molecule is Cc1nc2c(c(C(F)(F)F)n1)CC(C(=O)N[C@@H](C)c1cnccn1)CC2. The van der Waals surface area contributed by atoms with Gasteiger partial charge in [0.1, 0.15) is 5.82 Å². The van der Waals surface area contributed by atoms with Crippen LogP contribution in [-0.4, -0.2) is 25.8 Å². The maximum Gasteiger partial charge on any atom is 0.433 e. The molecular formula is C17H18F3N5O. The molecule has 26 heavy (non-hydrogen) atoms. The molecule has 3 rings (SSSR count). The van der Waals surface area contributed by atoms with Gasteiger partial charge in [-0.15, -0.1) is 0 Å². The summed E-state index contributed by atoms with van der Waals surface area (Å²) >= 11 is 0. The molecule has 2 atom stereocenters. The first-order valence-corrected chi connectivity index (χ1v) is 8.25. The van der Waals surface area contributed by atoms with Gasteiger partial charge in [0, 0.05) is 29.6 Å². The highest BCUT2D eigenvalue weighted by atomic mass is 19.4. The van der Waals surface area contributed by atoms with E-state index in [2.05, 4.69) is 25.3 Å². The third-order valence-corrected chi connectivity index (χ3v) is 4.41. The second-order valence-electron chi connectivity index (χ2n) is 6.34. The molecule has 9 heteroatoms. The molecule has 6 nitrogen and oxygen atoms in total. The van der Waals surface area contributed by atoms with Crippen molar-refractivity contribution in [1.29, 1.82) is 0 Å². The van der Waals surface area contributed by atoms with E-state index in [1.807, 2.05) is 0 Å². The van der Waals surface area contributed by atoms with Crippen LogP contribution in [0.3, 0.4) is 0 Å². The number of amides is 1. The fourth-order valence-corrected chi connectivity index (χ4v) is 3.13. The van der Waals surface area contributed by atoms with Crippen molar-refractivity contribution >= 4 is 5.91 Å². The number of carbonyl (C=O) groups excluding carboxylic acids is 1. The predicted octanol–water partition coefficient (Wildman–Crippen LogP) is 2.58. The number of aryl methyl sites for hydroxylation is 2. The summed E-state index contributed by atoms with van der Waals surface area (Å²) in [7, 11) is 0. The maximum atomic E-state index is 13.3. The Labute approximate surface area is 148 Å². The summed E-state index contributed by atoms with van der Waals surface area (Å²) in [6.07, 6.45) is 0.756. The average molecular weight is 365 g/mol. The highest BCUT2D eigenvalue weighted by Crippen LogP contribution is 2.36. The van der Waals surface area contributed by atoms with E-state index in [0.717, 1.165) is 0 Å². The lowest BCUT2D eigenvalue weighted by Gasteiger charge is -2.26. The fraction of sp³-hybridized carbons (Fsp3) is 0.471. The van der Waals surface area contributed by atoms with Crippen molar-refractivity contribution in [2.24, 2.45) is 5.92 Å². The van der Waals surface area contributed by atoms with E-state index >= 15 is 0 Å². The zero-order chi connectivity index (χ0) is 18.9. The van der Waals surface area contributed by atoms with E-state index in [1.54, 1.807) is 13.1 Å². The van der Waals surface area contributed by atoms with E-state index in [1.165, 1.54) is 19.3 Å². The van der Waals surface area contributed by atoms with Crippen molar-refractivity contribution in [1.82, 2.24) is 25.3 Å². The van der Waals surface area contributed by atoms with Gasteiger partial charge in [-0.2, -0.15) is 13.2 Å². The predicted molar refractivity (Wildman–Crippen MR) is 85.9 cm³/mol. The van der Waals surface area contributed by atoms with Gasteiger partial charge in [0.05, 0.1) is 17.9 Å². The van der Waals surface area contributed by atoms with Crippen molar-refractivity contribution in [3.05, 3.63) is 47.1 Å². The van der Waals surface area contributed by atoms with Crippen LogP contribution in [-0.2, 0) is 23.8 Å². The zero-order valence-corrected chi connectivity index (χ0v) is 14.3. The molecule has 1 unspecified atom stereocenters. The molecule has 138 valence electrons. The third kappa shape index (κ3) is 3.81. The Balaban J connectivity index is 1.78. The minimum atomic E-state index is -4.57. The molecule has 1 amide bonds. The number of alkyl halides is 3. The van der Waals surface area contributed by atoms with Crippen LogP contribution in [0.4, 0.5) is 13.2 Å². The summed E-state index contributed by atoms with van der Waals surface area (Å²) in [5.74, 6) is -0.771. The molecule has 0 aliphatic heterocycles. The monoisotopic (exact) mass is 365 g/mol. The summed E-state index contributed by atoms with van der Waals surface area (Å²) in [6, 6.07) is -0.381. The Morgan fingerprint density at radius 2 is 2.08 bits per heavy atom. The van der Waals surface area contributed by atoms with Gasteiger partial charge in [-0.1, -0.05) is 0 Å².